The minimum absolute atomic E-state index is 0.147. The van der Waals surface area contributed by atoms with E-state index in [0.717, 1.165) is 21.8 Å². The van der Waals surface area contributed by atoms with Crippen LogP contribution >= 0.6 is 38.9 Å². The van der Waals surface area contributed by atoms with Gasteiger partial charge >= 0.3 is 0 Å². The highest BCUT2D eigenvalue weighted by Crippen LogP contribution is 2.42. The molecule has 1 aliphatic heterocycles. The van der Waals surface area contributed by atoms with Crippen molar-refractivity contribution in [3.63, 3.8) is 0 Å². The molecule has 2 atom stereocenters. The van der Waals surface area contributed by atoms with Crippen molar-refractivity contribution in [1.29, 1.82) is 0 Å². The van der Waals surface area contributed by atoms with Crippen LogP contribution in [0.3, 0.4) is 0 Å². The van der Waals surface area contributed by atoms with Gasteiger partial charge in [0.2, 0.25) is 0 Å². The van der Waals surface area contributed by atoms with Gasteiger partial charge in [0.1, 0.15) is 4.34 Å². The molecule has 0 amide bonds. The predicted molar refractivity (Wildman–Crippen MR) is 62.9 cm³/mol. The van der Waals surface area contributed by atoms with Gasteiger partial charge in [-0.05, 0) is 35.0 Å². The number of thiophene rings is 1. The minimum Gasteiger partial charge on any atom is -0.372 e. The Kier molecular flexibility index (Phi) is 3.50. The molecule has 5 heteroatoms. The Morgan fingerprint density at radius 2 is 2.50 bits per heavy atom. The van der Waals surface area contributed by atoms with Crippen LogP contribution in [0.4, 0.5) is 0 Å². The van der Waals surface area contributed by atoms with E-state index in [1.165, 1.54) is 4.88 Å². The lowest BCUT2D eigenvalue weighted by atomic mass is 10.0. The number of rotatable bonds is 2. The summed E-state index contributed by atoms with van der Waals surface area (Å²) in [6.45, 7) is 1.48. The van der Waals surface area contributed by atoms with Crippen molar-refractivity contribution in [2.75, 3.05) is 13.2 Å². The first-order valence-electron chi connectivity index (χ1n) is 4.48. The largest absolute Gasteiger partial charge is 0.372 e. The van der Waals surface area contributed by atoms with Crippen molar-refractivity contribution in [2.45, 2.75) is 12.5 Å². The summed E-state index contributed by atoms with van der Waals surface area (Å²) in [6, 6.07) is 2.03. The van der Waals surface area contributed by atoms with Gasteiger partial charge in [0.15, 0.2) is 0 Å². The second-order valence-corrected chi connectivity index (χ2v) is 5.89. The molecule has 78 valence electrons. The highest BCUT2D eigenvalue weighted by molar-refractivity contribution is 9.10. The third-order valence-electron chi connectivity index (χ3n) is 2.46. The van der Waals surface area contributed by atoms with E-state index in [1.807, 2.05) is 6.07 Å². The van der Waals surface area contributed by atoms with Gasteiger partial charge in [0.25, 0.3) is 0 Å². The smallest absolute Gasteiger partial charge is 0.107 e. The first-order chi connectivity index (χ1) is 6.72. The summed E-state index contributed by atoms with van der Waals surface area (Å²) in [6.07, 6.45) is 1.20. The van der Waals surface area contributed by atoms with Crippen molar-refractivity contribution in [3.8, 4) is 0 Å². The molecule has 2 N–H and O–H groups in total. The van der Waals surface area contributed by atoms with Gasteiger partial charge in [-0.1, -0.05) is 11.6 Å². The summed E-state index contributed by atoms with van der Waals surface area (Å²) >= 11 is 10.9. The van der Waals surface area contributed by atoms with Crippen LogP contribution in [0.1, 0.15) is 17.4 Å². The lowest BCUT2D eigenvalue weighted by Gasteiger charge is -2.14. The van der Waals surface area contributed by atoms with Gasteiger partial charge in [0.05, 0.1) is 6.10 Å². The maximum Gasteiger partial charge on any atom is 0.107 e. The minimum atomic E-state index is 0.147. The fourth-order valence-corrected chi connectivity index (χ4v) is 3.57. The van der Waals surface area contributed by atoms with E-state index >= 15 is 0 Å². The second kappa shape index (κ2) is 4.49. The number of nitrogens with two attached hydrogens (primary N) is 1. The molecule has 0 radical (unpaired) electrons. The molecule has 2 unspecified atom stereocenters. The van der Waals surface area contributed by atoms with E-state index in [1.54, 1.807) is 11.3 Å². The normalized spacial score (nSPS) is 27.1. The summed E-state index contributed by atoms with van der Waals surface area (Å²) in [4.78, 5) is 1.18. The SMILES string of the molecule is NCC1CCOC1c1cc(Br)c(Cl)s1. The van der Waals surface area contributed by atoms with Crippen LogP contribution in [0.25, 0.3) is 0 Å². The van der Waals surface area contributed by atoms with Crippen molar-refractivity contribution in [3.05, 3.63) is 19.8 Å². The zero-order chi connectivity index (χ0) is 10.1. The average molecular weight is 297 g/mol. The fraction of sp³-hybridized carbons (Fsp3) is 0.556. The molecule has 0 saturated carbocycles. The van der Waals surface area contributed by atoms with Crippen molar-refractivity contribution in [1.82, 2.24) is 0 Å². The number of ether oxygens (including phenoxy) is 1. The molecule has 0 aliphatic carbocycles. The Morgan fingerprint density at radius 1 is 1.71 bits per heavy atom. The number of hydrogen-bond acceptors (Lipinski definition) is 3. The fourth-order valence-electron chi connectivity index (χ4n) is 1.69. The van der Waals surface area contributed by atoms with Gasteiger partial charge in [-0.15, -0.1) is 11.3 Å². The molecule has 1 fully saturated rings. The van der Waals surface area contributed by atoms with Crippen molar-refractivity contribution < 1.29 is 4.74 Å². The molecule has 2 rings (SSSR count). The molecule has 0 spiro atoms. The van der Waals surface area contributed by atoms with Crippen molar-refractivity contribution in [2.24, 2.45) is 11.7 Å². The Bertz CT molecular complexity index is 311. The van der Waals surface area contributed by atoms with Gasteiger partial charge in [0, 0.05) is 21.9 Å². The molecule has 1 aromatic rings. The van der Waals surface area contributed by atoms with E-state index in [4.69, 9.17) is 22.1 Å². The Balaban J connectivity index is 2.21. The van der Waals surface area contributed by atoms with E-state index in [0.29, 0.717) is 12.5 Å². The van der Waals surface area contributed by atoms with Gasteiger partial charge in [-0.2, -0.15) is 0 Å². The standard InChI is InChI=1S/C9H11BrClNOS/c10-6-3-7(14-9(6)11)8-5(4-12)1-2-13-8/h3,5,8H,1-2,4,12H2. The van der Waals surface area contributed by atoms with E-state index in [9.17, 15) is 0 Å². The summed E-state index contributed by atoms with van der Waals surface area (Å²) in [5.74, 6) is 0.441. The topological polar surface area (TPSA) is 35.2 Å². The Hall–Kier alpha value is 0.390. The summed E-state index contributed by atoms with van der Waals surface area (Å²) in [5.41, 5.74) is 5.69. The zero-order valence-corrected chi connectivity index (χ0v) is 10.7. The van der Waals surface area contributed by atoms with Crippen LogP contribution in [0, 0.1) is 5.92 Å². The lowest BCUT2D eigenvalue weighted by molar-refractivity contribution is 0.0953. The number of hydrogen-bond donors (Lipinski definition) is 1. The molecular formula is C9H11BrClNOS. The third kappa shape index (κ3) is 1.99. The monoisotopic (exact) mass is 295 g/mol. The van der Waals surface area contributed by atoms with Crippen LogP contribution in [-0.4, -0.2) is 13.2 Å². The van der Waals surface area contributed by atoms with E-state index < -0.39 is 0 Å². The van der Waals surface area contributed by atoms with E-state index in [-0.39, 0.29) is 6.10 Å². The van der Waals surface area contributed by atoms with E-state index in [2.05, 4.69) is 15.9 Å². The van der Waals surface area contributed by atoms with Gasteiger partial charge < -0.3 is 10.5 Å². The molecule has 2 heterocycles. The molecule has 0 bridgehead atoms. The molecule has 1 aliphatic rings. The summed E-state index contributed by atoms with van der Waals surface area (Å²) < 4.78 is 7.39. The predicted octanol–water partition coefficient (Wildman–Crippen LogP) is 3.20. The molecule has 0 aromatic carbocycles. The zero-order valence-electron chi connectivity index (χ0n) is 7.50. The molecule has 2 nitrogen and oxygen atoms in total. The first kappa shape index (κ1) is 10.9. The first-order valence-corrected chi connectivity index (χ1v) is 6.47. The van der Waals surface area contributed by atoms with Crippen molar-refractivity contribution >= 4 is 38.9 Å². The highest BCUT2D eigenvalue weighted by atomic mass is 79.9. The van der Waals surface area contributed by atoms with Crippen LogP contribution in [-0.2, 0) is 4.74 Å². The maximum atomic E-state index is 5.98. The second-order valence-electron chi connectivity index (χ2n) is 3.35. The molecule has 1 aromatic heterocycles. The molecular weight excluding hydrogens is 286 g/mol. The Labute approximate surface area is 101 Å². The molecule has 14 heavy (non-hydrogen) atoms. The van der Waals surface area contributed by atoms with Crippen LogP contribution in [0.15, 0.2) is 10.5 Å². The van der Waals surface area contributed by atoms with Crippen LogP contribution < -0.4 is 5.73 Å². The third-order valence-corrected chi connectivity index (χ3v) is 5.00. The summed E-state index contributed by atoms with van der Waals surface area (Å²) in [5, 5.41) is 0. The average Bonchev–Trinajstić information content (AvgIpc) is 2.73. The van der Waals surface area contributed by atoms with Gasteiger partial charge in [-0.25, -0.2) is 0 Å². The lowest BCUT2D eigenvalue weighted by Crippen LogP contribution is -2.17. The molecule has 1 saturated heterocycles. The quantitative estimate of drug-likeness (QED) is 0.909. The maximum absolute atomic E-state index is 5.98. The van der Waals surface area contributed by atoms with Gasteiger partial charge in [-0.3, -0.25) is 0 Å². The van der Waals surface area contributed by atoms with Crippen LogP contribution in [0.5, 0.6) is 0 Å². The van der Waals surface area contributed by atoms with Crippen LogP contribution in [0.2, 0.25) is 4.34 Å². The Morgan fingerprint density at radius 3 is 3.07 bits per heavy atom. The summed E-state index contributed by atoms with van der Waals surface area (Å²) in [7, 11) is 0. The highest BCUT2D eigenvalue weighted by Gasteiger charge is 2.30. The number of halogens is 2.